The van der Waals surface area contributed by atoms with Crippen molar-refractivity contribution in [1.29, 1.82) is 0 Å². The van der Waals surface area contributed by atoms with Crippen LogP contribution in [0.4, 0.5) is 14.5 Å². The van der Waals surface area contributed by atoms with Crippen LogP contribution < -0.4 is 5.32 Å². The number of aryl methyl sites for hydroxylation is 1. The van der Waals surface area contributed by atoms with Crippen LogP contribution in [0.15, 0.2) is 35.2 Å². The second-order valence-electron chi connectivity index (χ2n) is 4.20. The van der Waals surface area contributed by atoms with E-state index in [1.807, 2.05) is 0 Å². The highest BCUT2D eigenvalue weighted by atomic mass is 35.5. The summed E-state index contributed by atoms with van der Waals surface area (Å²) in [5, 5.41) is 2.14. The Labute approximate surface area is 125 Å². The number of hydrogen-bond acceptors (Lipinski definition) is 2. The third kappa shape index (κ3) is 3.11. The van der Waals surface area contributed by atoms with Gasteiger partial charge in [0, 0.05) is 16.5 Å². The van der Waals surface area contributed by atoms with E-state index in [0.29, 0.717) is 22.1 Å². The number of thiol groups is 1. The van der Waals surface area contributed by atoms with Gasteiger partial charge in [0.25, 0.3) is 5.91 Å². The van der Waals surface area contributed by atoms with Crippen molar-refractivity contribution in [2.45, 2.75) is 11.8 Å². The monoisotopic (exact) mass is 313 g/mol. The molecular formula is C14H10ClF2NOS. The fourth-order valence-corrected chi connectivity index (χ4v) is 2.14. The molecule has 2 rings (SSSR count). The second-order valence-corrected chi connectivity index (χ2v) is 5.12. The summed E-state index contributed by atoms with van der Waals surface area (Å²) in [5.41, 5.74) is 0.804. The molecule has 0 aliphatic heterocycles. The topological polar surface area (TPSA) is 29.1 Å². The van der Waals surface area contributed by atoms with E-state index >= 15 is 0 Å². The lowest BCUT2D eigenvalue weighted by Gasteiger charge is -2.10. The fourth-order valence-electron chi connectivity index (χ4n) is 1.70. The van der Waals surface area contributed by atoms with Gasteiger partial charge in [-0.25, -0.2) is 8.78 Å². The first-order valence-corrected chi connectivity index (χ1v) is 6.46. The molecule has 1 amide bonds. The highest BCUT2D eigenvalue weighted by Crippen LogP contribution is 2.27. The molecule has 20 heavy (non-hydrogen) atoms. The van der Waals surface area contributed by atoms with E-state index in [1.165, 1.54) is 0 Å². The normalized spacial score (nSPS) is 10.4. The lowest BCUT2D eigenvalue weighted by molar-refractivity contribution is 0.102. The summed E-state index contributed by atoms with van der Waals surface area (Å²) < 4.78 is 26.6. The fraction of sp³-hybridized carbons (Fsp3) is 0.0714. The van der Waals surface area contributed by atoms with Crippen LogP contribution in [0.2, 0.25) is 5.02 Å². The number of rotatable bonds is 2. The number of hydrogen-bond donors (Lipinski definition) is 2. The SMILES string of the molecule is Cc1ccc(S)cc1C(=O)Nc1c(F)cc(F)cc1Cl. The summed E-state index contributed by atoms with van der Waals surface area (Å²) in [7, 11) is 0. The Morgan fingerprint density at radius 1 is 1.25 bits per heavy atom. The average Bonchev–Trinajstić information content (AvgIpc) is 2.36. The third-order valence-corrected chi connectivity index (χ3v) is 3.29. The maximum atomic E-state index is 13.6. The second kappa shape index (κ2) is 5.81. The first-order chi connectivity index (χ1) is 9.38. The molecule has 0 heterocycles. The zero-order valence-electron chi connectivity index (χ0n) is 10.4. The number of amides is 1. The predicted molar refractivity (Wildman–Crippen MR) is 77.8 cm³/mol. The molecule has 2 nitrogen and oxygen atoms in total. The number of nitrogens with one attached hydrogen (secondary N) is 1. The van der Waals surface area contributed by atoms with Gasteiger partial charge in [0.2, 0.25) is 0 Å². The molecular weight excluding hydrogens is 304 g/mol. The van der Waals surface area contributed by atoms with Crippen LogP contribution in [0.3, 0.4) is 0 Å². The number of carbonyl (C=O) groups excluding carboxylic acids is 1. The van der Waals surface area contributed by atoms with Crippen LogP contribution >= 0.6 is 24.2 Å². The van der Waals surface area contributed by atoms with Gasteiger partial charge in [-0.05, 0) is 30.7 Å². The molecule has 0 aromatic heterocycles. The van der Waals surface area contributed by atoms with Crippen LogP contribution in [-0.4, -0.2) is 5.91 Å². The molecule has 0 spiro atoms. The Kier molecular flexibility index (Phi) is 4.30. The quantitative estimate of drug-likeness (QED) is 0.787. The summed E-state index contributed by atoms with van der Waals surface area (Å²) in [4.78, 5) is 12.7. The first-order valence-electron chi connectivity index (χ1n) is 5.64. The molecule has 2 aromatic carbocycles. The summed E-state index contributed by atoms with van der Waals surface area (Å²) in [6.07, 6.45) is 0. The molecule has 0 radical (unpaired) electrons. The Balaban J connectivity index is 2.35. The Hall–Kier alpha value is -1.59. The number of halogens is 3. The van der Waals surface area contributed by atoms with Crippen molar-refractivity contribution in [3.63, 3.8) is 0 Å². The summed E-state index contributed by atoms with van der Waals surface area (Å²) >= 11 is 9.87. The molecule has 0 aliphatic carbocycles. The molecule has 1 N–H and O–H groups in total. The number of benzene rings is 2. The van der Waals surface area contributed by atoms with Gasteiger partial charge in [-0.2, -0.15) is 0 Å². The van der Waals surface area contributed by atoms with E-state index in [2.05, 4.69) is 17.9 Å². The molecule has 104 valence electrons. The van der Waals surface area contributed by atoms with E-state index in [-0.39, 0.29) is 10.7 Å². The third-order valence-electron chi connectivity index (χ3n) is 2.71. The first kappa shape index (κ1) is 14.8. The molecule has 0 unspecified atom stereocenters. The maximum absolute atomic E-state index is 13.6. The summed E-state index contributed by atoms with van der Waals surface area (Å²) in [6, 6.07) is 6.61. The zero-order valence-corrected chi connectivity index (χ0v) is 12.0. The Morgan fingerprint density at radius 2 is 1.95 bits per heavy atom. The van der Waals surface area contributed by atoms with Gasteiger partial charge in [0.15, 0.2) is 5.82 Å². The highest BCUT2D eigenvalue weighted by molar-refractivity contribution is 7.80. The van der Waals surface area contributed by atoms with Crippen molar-refractivity contribution in [3.05, 3.63) is 58.1 Å². The minimum Gasteiger partial charge on any atom is -0.318 e. The Morgan fingerprint density at radius 3 is 2.60 bits per heavy atom. The van der Waals surface area contributed by atoms with Gasteiger partial charge < -0.3 is 5.32 Å². The van der Waals surface area contributed by atoms with Crippen molar-refractivity contribution < 1.29 is 13.6 Å². The van der Waals surface area contributed by atoms with Gasteiger partial charge in [0.05, 0.1) is 10.7 Å². The maximum Gasteiger partial charge on any atom is 0.256 e. The molecule has 6 heteroatoms. The molecule has 0 fully saturated rings. The summed E-state index contributed by atoms with van der Waals surface area (Å²) in [5.74, 6) is -2.27. The average molecular weight is 314 g/mol. The highest BCUT2D eigenvalue weighted by Gasteiger charge is 2.15. The number of anilines is 1. The molecule has 0 saturated carbocycles. The smallest absolute Gasteiger partial charge is 0.256 e. The van der Waals surface area contributed by atoms with E-state index < -0.39 is 17.5 Å². The van der Waals surface area contributed by atoms with Crippen molar-refractivity contribution in [1.82, 2.24) is 0 Å². The van der Waals surface area contributed by atoms with Crippen molar-refractivity contribution in [2.75, 3.05) is 5.32 Å². The van der Waals surface area contributed by atoms with Gasteiger partial charge >= 0.3 is 0 Å². The molecule has 2 aromatic rings. The van der Waals surface area contributed by atoms with E-state index in [4.69, 9.17) is 11.6 Å². The minimum absolute atomic E-state index is 0.199. The van der Waals surface area contributed by atoms with Crippen LogP contribution in [0.25, 0.3) is 0 Å². The van der Waals surface area contributed by atoms with Gasteiger partial charge in [-0.15, -0.1) is 12.6 Å². The van der Waals surface area contributed by atoms with E-state index in [9.17, 15) is 13.6 Å². The molecule has 0 saturated heterocycles. The van der Waals surface area contributed by atoms with Crippen molar-refractivity contribution in [2.24, 2.45) is 0 Å². The summed E-state index contributed by atoms with van der Waals surface area (Å²) in [6.45, 7) is 1.74. The predicted octanol–water partition coefficient (Wildman–Crippen LogP) is 4.47. The minimum atomic E-state index is -0.928. The number of carbonyl (C=O) groups is 1. The van der Waals surface area contributed by atoms with Crippen LogP contribution in [0.1, 0.15) is 15.9 Å². The van der Waals surface area contributed by atoms with Crippen LogP contribution in [0.5, 0.6) is 0 Å². The molecule has 0 atom stereocenters. The molecule has 0 aliphatic rings. The van der Waals surface area contributed by atoms with Crippen molar-refractivity contribution in [3.8, 4) is 0 Å². The van der Waals surface area contributed by atoms with Crippen molar-refractivity contribution >= 4 is 35.8 Å². The van der Waals surface area contributed by atoms with E-state index in [1.54, 1.807) is 25.1 Å². The standard InChI is InChI=1S/C14H10ClF2NOS/c1-7-2-3-9(20)6-10(7)14(19)18-13-11(15)4-8(16)5-12(13)17/h2-6,20H,1H3,(H,18,19). The lowest BCUT2D eigenvalue weighted by Crippen LogP contribution is -2.15. The van der Waals surface area contributed by atoms with Gasteiger partial charge in [-0.3, -0.25) is 4.79 Å². The largest absolute Gasteiger partial charge is 0.318 e. The lowest BCUT2D eigenvalue weighted by atomic mass is 10.1. The van der Waals surface area contributed by atoms with Gasteiger partial charge in [-0.1, -0.05) is 17.7 Å². The zero-order chi connectivity index (χ0) is 14.9. The van der Waals surface area contributed by atoms with E-state index in [0.717, 1.165) is 6.07 Å². The van der Waals surface area contributed by atoms with Crippen LogP contribution in [-0.2, 0) is 0 Å². The van der Waals surface area contributed by atoms with Gasteiger partial charge in [0.1, 0.15) is 5.82 Å². The van der Waals surface area contributed by atoms with Crippen LogP contribution in [0, 0.1) is 18.6 Å². The Bertz CT molecular complexity index is 668. The molecule has 0 bridgehead atoms.